The second-order valence-corrected chi connectivity index (χ2v) is 5.51. The first-order chi connectivity index (χ1) is 6.12. The van der Waals surface area contributed by atoms with Crippen LogP contribution in [0.3, 0.4) is 0 Å². The summed E-state index contributed by atoms with van der Waals surface area (Å²) in [4.78, 5) is 0. The lowest BCUT2D eigenvalue weighted by Crippen LogP contribution is -2.23. The molecule has 2 aliphatic rings. The Balaban J connectivity index is 2.14. The number of allylic oxidation sites excluding steroid dienone is 2. The number of fused-ring (bicyclic) bond motifs is 1. The van der Waals surface area contributed by atoms with Gasteiger partial charge in [0.1, 0.15) is 0 Å². The van der Waals surface area contributed by atoms with Gasteiger partial charge in [0.2, 0.25) is 0 Å². The predicted molar refractivity (Wildman–Crippen MR) is 54.3 cm³/mol. The lowest BCUT2D eigenvalue weighted by Gasteiger charge is -2.28. The van der Waals surface area contributed by atoms with Gasteiger partial charge >= 0.3 is 0 Å². The van der Waals surface area contributed by atoms with Crippen molar-refractivity contribution >= 4 is 0 Å². The van der Waals surface area contributed by atoms with Crippen LogP contribution in [0.25, 0.3) is 0 Å². The number of aliphatic hydroxyl groups is 1. The summed E-state index contributed by atoms with van der Waals surface area (Å²) in [7, 11) is 0. The Labute approximate surface area is 80.8 Å². The highest BCUT2D eigenvalue weighted by atomic mass is 16.3. The zero-order valence-electron chi connectivity index (χ0n) is 8.66. The van der Waals surface area contributed by atoms with Gasteiger partial charge < -0.3 is 5.11 Å². The molecule has 0 aromatic heterocycles. The Hall–Kier alpha value is -0.300. The molecule has 0 saturated heterocycles. The summed E-state index contributed by atoms with van der Waals surface area (Å²) in [5, 5.41) is 9.27. The fraction of sp³-hybridized carbons (Fsp3) is 0.833. The summed E-state index contributed by atoms with van der Waals surface area (Å²) in [5.41, 5.74) is 0.497. The minimum Gasteiger partial charge on any atom is -0.396 e. The van der Waals surface area contributed by atoms with Gasteiger partial charge in [0.25, 0.3) is 0 Å². The monoisotopic (exact) mass is 180 g/mol. The van der Waals surface area contributed by atoms with Crippen LogP contribution in [0.2, 0.25) is 0 Å². The number of rotatable bonds is 1. The molecule has 13 heavy (non-hydrogen) atoms. The molecule has 3 atom stereocenters. The molecule has 0 unspecified atom stereocenters. The van der Waals surface area contributed by atoms with Crippen molar-refractivity contribution in [2.24, 2.45) is 23.2 Å². The maximum Gasteiger partial charge on any atom is 0.0465 e. The Kier molecular flexibility index (Phi) is 2.23. The molecule has 1 heteroatoms. The molecule has 0 amide bonds. The van der Waals surface area contributed by atoms with Crippen LogP contribution in [0.15, 0.2) is 12.2 Å². The summed E-state index contributed by atoms with van der Waals surface area (Å²) in [5.74, 6) is 2.04. The fourth-order valence-corrected chi connectivity index (χ4v) is 3.20. The quantitative estimate of drug-likeness (QED) is 0.615. The minimum absolute atomic E-state index is 0.377. The van der Waals surface area contributed by atoms with Crippen molar-refractivity contribution in [3.63, 3.8) is 0 Å². The van der Waals surface area contributed by atoms with Gasteiger partial charge in [0.05, 0.1) is 0 Å². The zero-order valence-corrected chi connectivity index (χ0v) is 8.66. The average Bonchev–Trinajstić information content (AvgIpc) is 2.37. The van der Waals surface area contributed by atoms with Crippen LogP contribution in [-0.4, -0.2) is 11.7 Å². The predicted octanol–water partition coefficient (Wildman–Crippen LogP) is 2.61. The molecular formula is C12H20O. The van der Waals surface area contributed by atoms with E-state index in [1.54, 1.807) is 0 Å². The molecule has 74 valence electrons. The molecule has 0 aromatic rings. The molecule has 0 spiro atoms. The third kappa shape index (κ3) is 1.67. The van der Waals surface area contributed by atoms with Crippen molar-refractivity contribution in [1.29, 1.82) is 0 Å². The molecule has 2 aliphatic carbocycles. The summed E-state index contributed by atoms with van der Waals surface area (Å²) in [6.07, 6.45) is 8.35. The van der Waals surface area contributed by atoms with Crippen molar-refractivity contribution < 1.29 is 5.11 Å². The number of aliphatic hydroxyl groups excluding tert-OH is 1. The molecule has 0 bridgehead atoms. The van der Waals surface area contributed by atoms with E-state index in [1.165, 1.54) is 12.8 Å². The molecule has 1 nitrogen and oxygen atoms in total. The van der Waals surface area contributed by atoms with Crippen LogP contribution in [0.4, 0.5) is 0 Å². The second kappa shape index (κ2) is 3.13. The van der Waals surface area contributed by atoms with Gasteiger partial charge in [-0.25, -0.2) is 0 Å². The maximum absolute atomic E-state index is 9.27. The van der Waals surface area contributed by atoms with Crippen molar-refractivity contribution in [3.05, 3.63) is 12.2 Å². The van der Waals surface area contributed by atoms with Gasteiger partial charge in [-0.3, -0.25) is 0 Å². The molecule has 1 saturated carbocycles. The topological polar surface area (TPSA) is 20.2 Å². The van der Waals surface area contributed by atoms with Crippen LogP contribution >= 0.6 is 0 Å². The standard InChI is InChI=1S/C12H20O/c1-12(2)6-9-4-3-5-10(8-13)11(9)7-12/h3-4,9-11,13H,5-8H2,1-2H3/t9-,10+,11-/m1/s1. The lowest BCUT2D eigenvalue weighted by atomic mass is 9.78. The number of hydrogen-bond donors (Lipinski definition) is 1. The van der Waals surface area contributed by atoms with Crippen LogP contribution in [0.1, 0.15) is 33.1 Å². The van der Waals surface area contributed by atoms with Crippen molar-refractivity contribution in [1.82, 2.24) is 0 Å². The molecule has 0 radical (unpaired) electrons. The summed E-state index contributed by atoms with van der Waals surface area (Å²) >= 11 is 0. The van der Waals surface area contributed by atoms with E-state index in [0.717, 1.165) is 18.3 Å². The Morgan fingerprint density at radius 2 is 2.15 bits per heavy atom. The van der Waals surface area contributed by atoms with Crippen molar-refractivity contribution in [2.45, 2.75) is 33.1 Å². The molecule has 1 fully saturated rings. The molecule has 0 aromatic carbocycles. The van der Waals surface area contributed by atoms with Gasteiger partial charge in [0, 0.05) is 6.61 Å². The summed E-state index contributed by atoms with van der Waals surface area (Å²) in [6.45, 7) is 5.09. The van der Waals surface area contributed by atoms with Gasteiger partial charge in [-0.15, -0.1) is 0 Å². The Morgan fingerprint density at radius 3 is 2.85 bits per heavy atom. The van der Waals surface area contributed by atoms with Crippen LogP contribution < -0.4 is 0 Å². The highest BCUT2D eigenvalue weighted by molar-refractivity contribution is 5.06. The van der Waals surface area contributed by atoms with Crippen LogP contribution in [0, 0.1) is 23.2 Å². The molecule has 2 rings (SSSR count). The van der Waals surface area contributed by atoms with E-state index in [0.29, 0.717) is 17.9 Å². The molecular weight excluding hydrogens is 160 g/mol. The lowest BCUT2D eigenvalue weighted by molar-refractivity contribution is 0.152. The number of hydrogen-bond acceptors (Lipinski definition) is 1. The average molecular weight is 180 g/mol. The normalized spacial score (nSPS) is 41.9. The SMILES string of the molecule is CC1(C)C[C@H]2[C@H](CO)CC=C[C@@H]2C1. The largest absolute Gasteiger partial charge is 0.396 e. The van der Waals surface area contributed by atoms with E-state index in [9.17, 15) is 5.11 Å². The second-order valence-electron chi connectivity index (χ2n) is 5.51. The highest BCUT2D eigenvalue weighted by Crippen LogP contribution is 2.50. The first-order valence-corrected chi connectivity index (χ1v) is 5.40. The van der Waals surface area contributed by atoms with Gasteiger partial charge in [-0.2, -0.15) is 0 Å². The zero-order chi connectivity index (χ0) is 9.47. The van der Waals surface area contributed by atoms with E-state index in [1.807, 2.05) is 0 Å². The summed E-state index contributed by atoms with van der Waals surface area (Å²) < 4.78 is 0. The van der Waals surface area contributed by atoms with Gasteiger partial charge in [-0.1, -0.05) is 26.0 Å². The minimum atomic E-state index is 0.377. The maximum atomic E-state index is 9.27. The third-order valence-electron chi connectivity index (χ3n) is 3.79. The van der Waals surface area contributed by atoms with Crippen LogP contribution in [0.5, 0.6) is 0 Å². The van der Waals surface area contributed by atoms with E-state index in [2.05, 4.69) is 26.0 Å². The van der Waals surface area contributed by atoms with Gasteiger partial charge in [0.15, 0.2) is 0 Å². The Morgan fingerprint density at radius 1 is 1.38 bits per heavy atom. The first kappa shape index (κ1) is 9.26. The highest BCUT2D eigenvalue weighted by Gasteiger charge is 2.42. The van der Waals surface area contributed by atoms with Crippen molar-refractivity contribution in [3.8, 4) is 0 Å². The molecule has 0 aliphatic heterocycles. The Bertz CT molecular complexity index is 217. The fourth-order valence-electron chi connectivity index (χ4n) is 3.20. The third-order valence-corrected chi connectivity index (χ3v) is 3.79. The molecule has 1 N–H and O–H groups in total. The molecule has 0 heterocycles. The summed E-state index contributed by atoms with van der Waals surface area (Å²) in [6, 6.07) is 0. The van der Waals surface area contributed by atoms with Crippen LogP contribution in [-0.2, 0) is 0 Å². The van der Waals surface area contributed by atoms with E-state index >= 15 is 0 Å². The first-order valence-electron chi connectivity index (χ1n) is 5.40. The van der Waals surface area contributed by atoms with E-state index in [-0.39, 0.29) is 0 Å². The smallest absolute Gasteiger partial charge is 0.0465 e. The van der Waals surface area contributed by atoms with E-state index < -0.39 is 0 Å². The van der Waals surface area contributed by atoms with Crippen molar-refractivity contribution in [2.75, 3.05) is 6.61 Å². The van der Waals surface area contributed by atoms with E-state index in [4.69, 9.17) is 0 Å². The van der Waals surface area contributed by atoms with Gasteiger partial charge in [-0.05, 0) is 42.4 Å².